The van der Waals surface area contributed by atoms with E-state index in [-0.39, 0.29) is 30.2 Å². The molecule has 29 heavy (non-hydrogen) atoms. The Morgan fingerprint density at radius 3 is 2.28 bits per heavy atom. The number of benzene rings is 2. The van der Waals surface area contributed by atoms with Gasteiger partial charge in [0.2, 0.25) is 0 Å². The molecule has 2 aromatic rings. The van der Waals surface area contributed by atoms with Gasteiger partial charge in [0.25, 0.3) is 17.4 Å². The third kappa shape index (κ3) is 3.67. The molecule has 1 fully saturated rings. The molecule has 3 rings (SSSR count). The Morgan fingerprint density at radius 1 is 1.14 bits per heavy atom. The van der Waals surface area contributed by atoms with Gasteiger partial charge in [0.05, 0.1) is 30.3 Å². The average Bonchev–Trinajstić information content (AvgIpc) is 2.98. The van der Waals surface area contributed by atoms with E-state index in [1.54, 1.807) is 24.3 Å². The first kappa shape index (κ1) is 20.0. The number of nitro groups is 1. The molecular weight excluding hydrogens is 380 g/mol. The molecule has 150 valence electrons. The molecule has 0 saturated carbocycles. The summed E-state index contributed by atoms with van der Waals surface area (Å²) < 4.78 is 5.07. The number of β-amino-alcohol motifs (C(OH)–C–C–N with tert-alkyl or cyclic N) is 1. The van der Waals surface area contributed by atoms with Crippen LogP contribution in [0.5, 0.6) is 5.75 Å². The third-order valence-corrected chi connectivity index (χ3v) is 4.66. The van der Waals surface area contributed by atoms with Crippen LogP contribution in [0, 0.1) is 10.1 Å². The molecule has 1 heterocycles. The van der Waals surface area contributed by atoms with Crippen molar-refractivity contribution in [1.29, 1.82) is 0 Å². The van der Waals surface area contributed by atoms with Crippen molar-refractivity contribution in [3.8, 4) is 5.75 Å². The summed E-state index contributed by atoms with van der Waals surface area (Å²) in [6, 6.07) is 10.6. The van der Waals surface area contributed by atoms with Gasteiger partial charge in [0.15, 0.2) is 0 Å². The Morgan fingerprint density at radius 2 is 1.76 bits per heavy atom. The number of ketones is 1. The highest BCUT2D eigenvalue weighted by Gasteiger charge is 2.45. The number of aliphatic hydroxyl groups is 2. The van der Waals surface area contributed by atoms with Crippen molar-refractivity contribution in [2.24, 2.45) is 0 Å². The van der Waals surface area contributed by atoms with E-state index >= 15 is 0 Å². The van der Waals surface area contributed by atoms with Crippen molar-refractivity contribution in [3.63, 3.8) is 0 Å². The first-order valence-electron chi connectivity index (χ1n) is 8.67. The van der Waals surface area contributed by atoms with Gasteiger partial charge in [-0.25, -0.2) is 0 Å². The fraction of sp³-hybridized carbons (Fsp3) is 0.200. The number of likely N-dealkylation sites (tertiary alicyclic amines) is 1. The van der Waals surface area contributed by atoms with Crippen molar-refractivity contribution >= 4 is 23.1 Å². The summed E-state index contributed by atoms with van der Waals surface area (Å²) in [6.45, 7) is -0.523. The van der Waals surface area contributed by atoms with Crippen LogP contribution in [0.1, 0.15) is 17.2 Å². The summed E-state index contributed by atoms with van der Waals surface area (Å²) in [6.07, 6.45) is 0. The number of nitro benzene ring substituents is 1. The SMILES string of the molecule is COc1ccc(/C(O)=C2\C(=O)C(=O)N(CCO)[C@H]2c2ccc([N+](=O)[O-])cc2)cc1. The molecule has 1 saturated heterocycles. The van der Waals surface area contributed by atoms with Crippen LogP contribution in [-0.2, 0) is 9.59 Å². The van der Waals surface area contributed by atoms with Crippen LogP contribution in [-0.4, -0.2) is 52.0 Å². The number of carbonyl (C=O) groups is 2. The predicted molar refractivity (Wildman–Crippen MR) is 102 cm³/mol. The quantitative estimate of drug-likeness (QED) is 0.250. The zero-order chi connectivity index (χ0) is 21.1. The van der Waals surface area contributed by atoms with E-state index in [2.05, 4.69) is 0 Å². The molecule has 0 aromatic heterocycles. The molecule has 0 radical (unpaired) electrons. The number of ether oxygens (including phenoxy) is 1. The lowest BCUT2D eigenvalue weighted by Gasteiger charge is -2.24. The predicted octanol–water partition coefficient (Wildman–Crippen LogP) is 2.02. The molecule has 1 amide bonds. The van der Waals surface area contributed by atoms with Gasteiger partial charge in [0.1, 0.15) is 11.5 Å². The Balaban J connectivity index is 2.14. The molecular formula is C20H18N2O7. The van der Waals surface area contributed by atoms with E-state index in [0.29, 0.717) is 16.9 Å². The van der Waals surface area contributed by atoms with Crippen LogP contribution < -0.4 is 4.74 Å². The molecule has 2 N–H and O–H groups in total. The Hall–Kier alpha value is -3.72. The van der Waals surface area contributed by atoms with Crippen LogP contribution in [0.25, 0.3) is 5.76 Å². The Kier molecular flexibility index (Phi) is 5.60. The monoisotopic (exact) mass is 398 g/mol. The maximum atomic E-state index is 12.7. The van der Waals surface area contributed by atoms with Gasteiger partial charge < -0.3 is 19.8 Å². The number of hydrogen-bond acceptors (Lipinski definition) is 7. The minimum absolute atomic E-state index is 0.133. The van der Waals surface area contributed by atoms with Crippen LogP contribution >= 0.6 is 0 Å². The van der Waals surface area contributed by atoms with Gasteiger partial charge in [-0.1, -0.05) is 0 Å². The average molecular weight is 398 g/mol. The summed E-state index contributed by atoms with van der Waals surface area (Å²) in [5.41, 5.74) is 0.406. The second-order valence-electron chi connectivity index (χ2n) is 6.29. The van der Waals surface area contributed by atoms with E-state index in [4.69, 9.17) is 4.74 Å². The Labute approximate surface area is 165 Å². The number of Topliss-reactive ketones (excluding diaryl/α,β-unsaturated/α-hetero) is 1. The number of aliphatic hydroxyl groups excluding tert-OH is 2. The first-order chi connectivity index (χ1) is 13.9. The van der Waals surface area contributed by atoms with Crippen molar-refractivity contribution in [1.82, 2.24) is 4.90 Å². The maximum absolute atomic E-state index is 12.7. The molecule has 0 bridgehead atoms. The molecule has 9 heteroatoms. The van der Waals surface area contributed by atoms with Crippen molar-refractivity contribution in [2.75, 3.05) is 20.3 Å². The molecule has 1 aliphatic heterocycles. The number of carbonyl (C=O) groups excluding carboxylic acids is 2. The zero-order valence-corrected chi connectivity index (χ0v) is 15.4. The van der Waals surface area contributed by atoms with Gasteiger partial charge in [-0.15, -0.1) is 0 Å². The van der Waals surface area contributed by atoms with Crippen LogP contribution in [0.3, 0.4) is 0 Å². The first-order valence-corrected chi connectivity index (χ1v) is 8.67. The van der Waals surface area contributed by atoms with Gasteiger partial charge in [-0.2, -0.15) is 0 Å². The number of non-ortho nitro benzene ring substituents is 1. The highest BCUT2D eigenvalue weighted by Crippen LogP contribution is 2.39. The van der Waals surface area contributed by atoms with E-state index in [1.165, 1.54) is 31.4 Å². The van der Waals surface area contributed by atoms with Crippen molar-refractivity contribution in [3.05, 3.63) is 75.3 Å². The normalized spacial score (nSPS) is 18.1. The van der Waals surface area contributed by atoms with Gasteiger partial charge in [-0.3, -0.25) is 19.7 Å². The minimum Gasteiger partial charge on any atom is -0.507 e. The standard InChI is InChI=1S/C20H18N2O7/c1-29-15-8-4-13(5-9-15)18(24)16-17(21(10-11-23)20(26)19(16)25)12-2-6-14(7-3-12)22(27)28/h2-9,17,23-24H,10-11H2,1H3/b18-16+/t17-/m0/s1. The van der Waals surface area contributed by atoms with Gasteiger partial charge >= 0.3 is 0 Å². The highest BCUT2D eigenvalue weighted by atomic mass is 16.6. The zero-order valence-electron chi connectivity index (χ0n) is 15.4. The number of methoxy groups -OCH3 is 1. The van der Waals surface area contributed by atoms with Gasteiger partial charge in [-0.05, 0) is 42.0 Å². The Bertz CT molecular complexity index is 981. The number of rotatable bonds is 6. The van der Waals surface area contributed by atoms with Crippen molar-refractivity contribution < 1.29 is 29.5 Å². The second-order valence-corrected chi connectivity index (χ2v) is 6.29. The largest absolute Gasteiger partial charge is 0.507 e. The summed E-state index contributed by atoms with van der Waals surface area (Å²) in [5.74, 6) is -1.59. The molecule has 0 aliphatic carbocycles. The summed E-state index contributed by atoms with van der Waals surface area (Å²) >= 11 is 0. The number of amides is 1. The van der Waals surface area contributed by atoms with E-state index in [0.717, 1.165) is 4.90 Å². The molecule has 1 atom stereocenters. The summed E-state index contributed by atoms with van der Waals surface area (Å²) in [4.78, 5) is 36.6. The lowest BCUT2D eigenvalue weighted by molar-refractivity contribution is -0.384. The van der Waals surface area contributed by atoms with Crippen LogP contribution in [0.4, 0.5) is 5.69 Å². The lowest BCUT2D eigenvalue weighted by atomic mass is 9.95. The van der Waals surface area contributed by atoms with Crippen LogP contribution in [0.15, 0.2) is 54.1 Å². The third-order valence-electron chi connectivity index (χ3n) is 4.66. The topological polar surface area (TPSA) is 130 Å². The fourth-order valence-electron chi connectivity index (χ4n) is 3.25. The van der Waals surface area contributed by atoms with E-state index in [9.17, 15) is 29.9 Å². The van der Waals surface area contributed by atoms with Crippen molar-refractivity contribution in [2.45, 2.75) is 6.04 Å². The second kappa shape index (κ2) is 8.11. The number of hydrogen-bond donors (Lipinski definition) is 2. The minimum atomic E-state index is -0.981. The summed E-state index contributed by atoms with van der Waals surface area (Å²) in [7, 11) is 1.49. The maximum Gasteiger partial charge on any atom is 0.295 e. The van der Waals surface area contributed by atoms with E-state index in [1.807, 2.05) is 0 Å². The lowest BCUT2D eigenvalue weighted by Crippen LogP contribution is -2.32. The fourth-order valence-corrected chi connectivity index (χ4v) is 3.25. The summed E-state index contributed by atoms with van der Waals surface area (Å²) in [5, 5.41) is 31.0. The molecule has 2 aromatic carbocycles. The molecule has 0 spiro atoms. The molecule has 0 unspecified atom stereocenters. The van der Waals surface area contributed by atoms with Crippen LogP contribution in [0.2, 0.25) is 0 Å². The smallest absolute Gasteiger partial charge is 0.295 e. The molecule has 9 nitrogen and oxygen atoms in total. The highest BCUT2D eigenvalue weighted by molar-refractivity contribution is 6.46. The van der Waals surface area contributed by atoms with E-state index < -0.39 is 22.7 Å². The number of nitrogens with zero attached hydrogens (tertiary/aromatic N) is 2. The molecule has 1 aliphatic rings. The van der Waals surface area contributed by atoms with Gasteiger partial charge in [0, 0.05) is 24.2 Å².